The quantitative estimate of drug-likeness (QED) is 0.711. The summed E-state index contributed by atoms with van der Waals surface area (Å²) in [5.41, 5.74) is 1.66. The summed E-state index contributed by atoms with van der Waals surface area (Å²) in [7, 11) is 3.12. The average Bonchev–Trinajstić information content (AvgIpc) is 3.00. The number of benzene rings is 1. The highest BCUT2D eigenvalue weighted by atomic mass is 79.9. The molecule has 1 unspecified atom stereocenters. The van der Waals surface area contributed by atoms with E-state index in [0.717, 1.165) is 11.1 Å². The molecule has 1 aromatic carbocycles. The summed E-state index contributed by atoms with van der Waals surface area (Å²) >= 11 is 3.70. The van der Waals surface area contributed by atoms with Crippen molar-refractivity contribution in [3.8, 4) is 11.8 Å². The molecule has 2 heterocycles. The van der Waals surface area contributed by atoms with Crippen molar-refractivity contribution in [3.63, 3.8) is 0 Å². The Kier molecular flexibility index (Phi) is 4.94. The zero-order valence-corrected chi connectivity index (χ0v) is 16.2. The maximum atomic E-state index is 5.81. The zero-order chi connectivity index (χ0) is 18.0. The van der Waals surface area contributed by atoms with Crippen LogP contribution in [0.15, 0.2) is 35.3 Å². The van der Waals surface area contributed by atoms with Gasteiger partial charge in [0.1, 0.15) is 11.4 Å². The first-order valence-electron chi connectivity index (χ1n) is 7.86. The molecule has 1 aromatic heterocycles. The first-order valence-corrected chi connectivity index (χ1v) is 8.78. The molecule has 0 radical (unpaired) electrons. The van der Waals surface area contributed by atoms with Crippen molar-refractivity contribution in [2.75, 3.05) is 20.8 Å². The second-order valence-corrected chi connectivity index (χ2v) is 7.19. The van der Waals surface area contributed by atoms with E-state index in [0.29, 0.717) is 30.1 Å². The maximum Gasteiger partial charge on any atom is 0.220 e. The van der Waals surface area contributed by atoms with Crippen LogP contribution in [-0.2, 0) is 4.74 Å². The lowest BCUT2D eigenvalue weighted by Gasteiger charge is -2.15. The Bertz CT molecular complexity index is 786. The van der Waals surface area contributed by atoms with E-state index in [-0.39, 0.29) is 10.4 Å². The zero-order valence-electron chi connectivity index (χ0n) is 14.6. The molecule has 6 nitrogen and oxygen atoms in total. The van der Waals surface area contributed by atoms with Crippen LogP contribution >= 0.6 is 15.9 Å². The molecule has 0 aliphatic carbocycles. The van der Waals surface area contributed by atoms with Crippen LogP contribution < -0.4 is 9.47 Å². The Morgan fingerprint density at radius 3 is 2.32 bits per heavy atom. The summed E-state index contributed by atoms with van der Waals surface area (Å²) < 4.78 is 16.3. The largest absolute Gasteiger partial charge is 0.481 e. The lowest BCUT2D eigenvalue weighted by Crippen LogP contribution is -2.17. The fraction of sp³-hybridized carbons (Fsp3) is 0.389. The standard InChI is InChI=1S/C18H20BrN3O3/c1-18(2)10-25-17(22-18)12-8-6-5-7-11(12)15(19)16-20-13(23-3)9-14(21-16)24-4/h5-9,15H,10H2,1-4H3. The van der Waals surface area contributed by atoms with Gasteiger partial charge in [-0.1, -0.05) is 34.1 Å². The fourth-order valence-electron chi connectivity index (χ4n) is 2.52. The van der Waals surface area contributed by atoms with Crippen LogP contribution in [0.3, 0.4) is 0 Å². The van der Waals surface area contributed by atoms with Crippen molar-refractivity contribution in [2.24, 2.45) is 4.99 Å². The SMILES string of the molecule is COc1cc(OC)nc(C(Br)c2ccccc2C2=NC(C)(C)CO2)n1. The second kappa shape index (κ2) is 7.00. The third-order valence-corrected chi connectivity index (χ3v) is 4.67. The smallest absolute Gasteiger partial charge is 0.220 e. The van der Waals surface area contributed by atoms with Gasteiger partial charge in [0, 0.05) is 5.56 Å². The number of aliphatic imine (C=N–C) groups is 1. The van der Waals surface area contributed by atoms with Gasteiger partial charge in [-0.15, -0.1) is 0 Å². The first-order chi connectivity index (χ1) is 11.9. The molecular weight excluding hydrogens is 386 g/mol. The number of alkyl halides is 1. The highest BCUT2D eigenvalue weighted by Crippen LogP contribution is 2.34. The average molecular weight is 406 g/mol. The van der Waals surface area contributed by atoms with Crippen LogP contribution in [0.25, 0.3) is 0 Å². The number of rotatable bonds is 5. The van der Waals surface area contributed by atoms with E-state index in [9.17, 15) is 0 Å². The van der Waals surface area contributed by atoms with Crippen LogP contribution in [0.2, 0.25) is 0 Å². The van der Waals surface area contributed by atoms with Crippen LogP contribution in [0.1, 0.15) is 35.6 Å². The van der Waals surface area contributed by atoms with Gasteiger partial charge in [0.05, 0.1) is 25.8 Å². The van der Waals surface area contributed by atoms with E-state index >= 15 is 0 Å². The number of ether oxygens (including phenoxy) is 3. The molecule has 132 valence electrons. The molecule has 0 N–H and O–H groups in total. The molecule has 0 amide bonds. The highest BCUT2D eigenvalue weighted by molar-refractivity contribution is 9.09. The first kappa shape index (κ1) is 17.7. The minimum atomic E-state index is -0.261. The maximum absolute atomic E-state index is 5.81. The van der Waals surface area contributed by atoms with Gasteiger partial charge >= 0.3 is 0 Å². The summed E-state index contributed by atoms with van der Waals surface area (Å²) in [6.45, 7) is 4.65. The summed E-state index contributed by atoms with van der Waals surface area (Å²) in [6.07, 6.45) is 0. The Balaban J connectivity index is 2.03. The Morgan fingerprint density at radius 1 is 1.12 bits per heavy atom. The third-order valence-electron chi connectivity index (χ3n) is 3.77. The van der Waals surface area contributed by atoms with Gasteiger partial charge in [0.15, 0.2) is 5.82 Å². The van der Waals surface area contributed by atoms with Crippen LogP contribution in [0, 0.1) is 0 Å². The molecular formula is C18H20BrN3O3. The van der Waals surface area contributed by atoms with Gasteiger partial charge in [0.25, 0.3) is 0 Å². The molecule has 0 bridgehead atoms. The summed E-state index contributed by atoms with van der Waals surface area (Å²) in [6, 6.07) is 9.55. The molecule has 7 heteroatoms. The predicted octanol–water partition coefficient (Wildman–Crippen LogP) is 3.53. The lowest BCUT2D eigenvalue weighted by molar-refractivity contribution is 0.279. The third kappa shape index (κ3) is 3.76. The second-order valence-electron chi connectivity index (χ2n) is 6.28. The van der Waals surface area contributed by atoms with E-state index in [4.69, 9.17) is 14.2 Å². The number of hydrogen-bond donors (Lipinski definition) is 0. The highest BCUT2D eigenvalue weighted by Gasteiger charge is 2.30. The molecule has 3 rings (SSSR count). The van der Waals surface area contributed by atoms with Gasteiger partial charge in [0.2, 0.25) is 17.7 Å². The molecule has 25 heavy (non-hydrogen) atoms. The van der Waals surface area contributed by atoms with Crippen molar-refractivity contribution < 1.29 is 14.2 Å². The molecule has 0 saturated heterocycles. The number of aromatic nitrogens is 2. The minimum absolute atomic E-state index is 0.222. The van der Waals surface area contributed by atoms with Crippen LogP contribution in [-0.4, -0.2) is 42.2 Å². The molecule has 1 aliphatic rings. The molecule has 0 saturated carbocycles. The van der Waals surface area contributed by atoms with Crippen LogP contribution in [0.5, 0.6) is 11.8 Å². The van der Waals surface area contributed by atoms with Crippen LogP contribution in [0.4, 0.5) is 0 Å². The summed E-state index contributed by atoms with van der Waals surface area (Å²) in [4.78, 5) is 13.3. The molecule has 0 fully saturated rings. The molecule has 0 spiro atoms. The van der Waals surface area contributed by atoms with Crippen molar-refractivity contribution in [2.45, 2.75) is 24.2 Å². The Morgan fingerprint density at radius 2 is 1.76 bits per heavy atom. The van der Waals surface area contributed by atoms with E-state index in [1.807, 2.05) is 38.1 Å². The monoisotopic (exact) mass is 405 g/mol. The van der Waals surface area contributed by atoms with E-state index in [1.165, 1.54) is 0 Å². The Hall–Kier alpha value is -2.15. The number of methoxy groups -OCH3 is 2. The molecule has 2 aromatic rings. The van der Waals surface area contributed by atoms with E-state index in [2.05, 4.69) is 30.9 Å². The van der Waals surface area contributed by atoms with Gasteiger partial charge in [-0.05, 0) is 25.5 Å². The van der Waals surface area contributed by atoms with Gasteiger partial charge in [-0.2, -0.15) is 9.97 Å². The predicted molar refractivity (Wildman–Crippen MR) is 98.9 cm³/mol. The molecule has 1 aliphatic heterocycles. The fourth-order valence-corrected chi connectivity index (χ4v) is 3.12. The van der Waals surface area contributed by atoms with Crippen molar-refractivity contribution >= 4 is 21.8 Å². The van der Waals surface area contributed by atoms with Gasteiger partial charge < -0.3 is 14.2 Å². The lowest BCUT2D eigenvalue weighted by atomic mass is 10.0. The van der Waals surface area contributed by atoms with Crippen molar-refractivity contribution in [1.29, 1.82) is 0 Å². The summed E-state index contributed by atoms with van der Waals surface area (Å²) in [5.74, 6) is 2.07. The molecule has 1 atom stereocenters. The Labute approximate surface area is 155 Å². The number of nitrogens with zero attached hydrogens (tertiary/aromatic N) is 3. The summed E-state index contributed by atoms with van der Waals surface area (Å²) in [5, 5.41) is 0. The number of halogens is 1. The van der Waals surface area contributed by atoms with E-state index in [1.54, 1.807) is 20.3 Å². The topological polar surface area (TPSA) is 65.8 Å². The van der Waals surface area contributed by atoms with E-state index < -0.39 is 0 Å². The minimum Gasteiger partial charge on any atom is -0.481 e. The van der Waals surface area contributed by atoms with Gasteiger partial charge in [-0.3, -0.25) is 0 Å². The van der Waals surface area contributed by atoms with Crippen molar-refractivity contribution in [3.05, 3.63) is 47.3 Å². The normalized spacial score (nSPS) is 16.8. The number of hydrogen-bond acceptors (Lipinski definition) is 6. The van der Waals surface area contributed by atoms with Crippen molar-refractivity contribution in [1.82, 2.24) is 9.97 Å². The van der Waals surface area contributed by atoms with Gasteiger partial charge in [-0.25, -0.2) is 4.99 Å².